The Labute approximate surface area is 254 Å². The molecule has 0 aliphatic rings. The van der Waals surface area contributed by atoms with Gasteiger partial charge in [-0.15, -0.1) is 0 Å². The average Bonchev–Trinajstić information content (AvgIpc) is 3.45. The van der Waals surface area contributed by atoms with Crippen LogP contribution in [0.4, 0.5) is 0 Å². The molecule has 0 bridgehead atoms. The molecule has 3 aromatic carbocycles. The van der Waals surface area contributed by atoms with Gasteiger partial charge in [-0.2, -0.15) is 5.26 Å². The van der Waals surface area contributed by atoms with E-state index in [1.54, 1.807) is 24.3 Å². The highest BCUT2D eigenvalue weighted by Gasteiger charge is 2.19. The zero-order valence-corrected chi connectivity index (χ0v) is 25.5. The van der Waals surface area contributed by atoms with Gasteiger partial charge in [-0.05, 0) is 86.3 Å². The Kier molecular flexibility index (Phi) is 11.0. The van der Waals surface area contributed by atoms with Crippen molar-refractivity contribution in [2.75, 3.05) is 13.1 Å². The van der Waals surface area contributed by atoms with E-state index in [9.17, 15) is 4.79 Å². The van der Waals surface area contributed by atoms with E-state index in [1.165, 1.54) is 11.1 Å². The summed E-state index contributed by atoms with van der Waals surface area (Å²) in [6, 6.07) is 27.4. The number of halogens is 1. The van der Waals surface area contributed by atoms with Crippen molar-refractivity contribution in [1.29, 1.82) is 5.26 Å². The molecule has 0 saturated carbocycles. The Hall–Kier alpha value is -3.89. The van der Waals surface area contributed by atoms with E-state index in [1.807, 2.05) is 30.3 Å². The molecule has 3 N–H and O–H groups in total. The monoisotopic (exact) mass is 582 g/mol. The van der Waals surface area contributed by atoms with Crippen LogP contribution in [0.3, 0.4) is 0 Å². The van der Waals surface area contributed by atoms with Gasteiger partial charge in [0.1, 0.15) is 11.5 Å². The number of benzene rings is 3. The summed E-state index contributed by atoms with van der Waals surface area (Å²) in [6.07, 6.45) is 0.620. The van der Waals surface area contributed by atoms with E-state index >= 15 is 0 Å². The van der Waals surface area contributed by atoms with Crippen molar-refractivity contribution in [3.63, 3.8) is 0 Å². The number of hydrogen-bond acceptors (Lipinski definition) is 5. The summed E-state index contributed by atoms with van der Waals surface area (Å²) >= 11 is 6.51. The first-order chi connectivity index (χ1) is 20.2. The smallest absolute Gasteiger partial charge is 0.253 e. The third kappa shape index (κ3) is 8.80. The first-order valence-electron chi connectivity index (χ1n) is 14.4. The lowest BCUT2D eigenvalue weighted by atomic mass is 10.0. The molecule has 4 aromatic rings. The van der Waals surface area contributed by atoms with Gasteiger partial charge in [-0.3, -0.25) is 4.79 Å². The number of nitriles is 1. The van der Waals surface area contributed by atoms with Crippen LogP contribution >= 0.6 is 11.6 Å². The quantitative estimate of drug-likeness (QED) is 0.155. The van der Waals surface area contributed by atoms with Gasteiger partial charge >= 0.3 is 0 Å². The lowest BCUT2D eigenvalue weighted by Crippen LogP contribution is -2.44. The Balaban J connectivity index is 1.44. The van der Waals surface area contributed by atoms with E-state index in [2.05, 4.69) is 74.0 Å². The zero-order valence-electron chi connectivity index (χ0n) is 24.7. The molecule has 0 aliphatic carbocycles. The highest BCUT2D eigenvalue weighted by molar-refractivity contribution is 6.34. The molecule has 0 fully saturated rings. The summed E-state index contributed by atoms with van der Waals surface area (Å²) < 4.78 is 6.13. The minimum absolute atomic E-state index is 0.166. The summed E-state index contributed by atoms with van der Waals surface area (Å²) in [5, 5.41) is 19.6. The van der Waals surface area contributed by atoms with Crippen LogP contribution in [0, 0.1) is 24.2 Å². The van der Waals surface area contributed by atoms with Crippen LogP contribution in [0.5, 0.6) is 0 Å². The maximum Gasteiger partial charge on any atom is 0.253 e. The lowest BCUT2D eigenvalue weighted by Gasteiger charge is -2.21. The number of carbonyl (C=O) groups excluding carboxylic acids is 1. The van der Waals surface area contributed by atoms with Gasteiger partial charge in [0.2, 0.25) is 0 Å². The van der Waals surface area contributed by atoms with Crippen molar-refractivity contribution in [3.05, 3.63) is 117 Å². The third-order valence-electron chi connectivity index (χ3n) is 7.16. The Morgan fingerprint density at radius 3 is 2.38 bits per heavy atom. The van der Waals surface area contributed by atoms with Crippen LogP contribution in [0.15, 0.2) is 83.3 Å². The molecule has 218 valence electrons. The standard InChI is InChI=1S/C35H39ClN4O2/c1-23(2)20-38-21-30(17-26-7-9-27(19-37)10-8-26)40-35(41)32-18-29(13-15-33(32)36)34-16-14-31(42-34)22-39-25(4)28-11-5-24(3)6-12-28/h5-16,18,23,25,30,38-39H,17,20-22H2,1-4H3,(H,40,41)/t25-,30-/m1/s1. The molecule has 0 spiro atoms. The van der Waals surface area contributed by atoms with Crippen LogP contribution in [-0.4, -0.2) is 25.0 Å². The maximum absolute atomic E-state index is 13.5. The maximum atomic E-state index is 13.5. The van der Waals surface area contributed by atoms with Gasteiger partial charge in [0, 0.05) is 24.2 Å². The van der Waals surface area contributed by atoms with E-state index < -0.39 is 0 Å². The van der Waals surface area contributed by atoms with Crippen molar-refractivity contribution >= 4 is 17.5 Å². The number of hydrogen-bond donors (Lipinski definition) is 3. The SMILES string of the molecule is Cc1ccc([C@@H](C)NCc2ccc(-c3ccc(Cl)c(C(=O)N[C@@H](CNCC(C)C)Cc4ccc(C#N)cc4)c3)o2)cc1. The molecular weight excluding hydrogens is 544 g/mol. The van der Waals surface area contributed by atoms with E-state index in [4.69, 9.17) is 21.3 Å². The molecule has 1 amide bonds. The first-order valence-corrected chi connectivity index (χ1v) is 14.8. The Bertz CT molecular complexity index is 1500. The molecule has 42 heavy (non-hydrogen) atoms. The van der Waals surface area contributed by atoms with Gasteiger partial charge < -0.3 is 20.4 Å². The van der Waals surface area contributed by atoms with Crippen LogP contribution in [0.2, 0.25) is 5.02 Å². The van der Waals surface area contributed by atoms with E-state index in [0.717, 1.165) is 23.4 Å². The molecular formula is C35H39ClN4O2. The lowest BCUT2D eigenvalue weighted by molar-refractivity contribution is 0.0936. The van der Waals surface area contributed by atoms with Gasteiger partial charge in [-0.25, -0.2) is 0 Å². The van der Waals surface area contributed by atoms with Gasteiger partial charge in [0.05, 0.1) is 28.8 Å². The second-order valence-electron chi connectivity index (χ2n) is 11.2. The number of rotatable bonds is 13. The fourth-order valence-corrected chi connectivity index (χ4v) is 4.89. The van der Waals surface area contributed by atoms with Crippen molar-refractivity contribution in [2.45, 2.75) is 52.7 Å². The van der Waals surface area contributed by atoms with Crippen molar-refractivity contribution < 1.29 is 9.21 Å². The van der Waals surface area contributed by atoms with E-state index in [-0.39, 0.29) is 18.0 Å². The summed E-state index contributed by atoms with van der Waals surface area (Å²) in [5.41, 5.74) is 5.29. The Morgan fingerprint density at radius 1 is 0.952 bits per heavy atom. The third-order valence-corrected chi connectivity index (χ3v) is 7.49. The second-order valence-corrected chi connectivity index (χ2v) is 11.6. The van der Waals surface area contributed by atoms with Crippen molar-refractivity contribution in [1.82, 2.24) is 16.0 Å². The first kappa shape index (κ1) is 31.1. The predicted molar refractivity (Wildman–Crippen MR) is 169 cm³/mol. The topological polar surface area (TPSA) is 90.1 Å². The van der Waals surface area contributed by atoms with Gasteiger partial charge in [-0.1, -0.05) is 67.4 Å². The molecule has 1 heterocycles. The number of nitrogens with zero attached hydrogens (tertiary/aromatic N) is 1. The molecule has 4 rings (SSSR count). The van der Waals surface area contributed by atoms with Crippen molar-refractivity contribution in [3.8, 4) is 17.4 Å². The molecule has 0 saturated heterocycles. The minimum atomic E-state index is -0.243. The Morgan fingerprint density at radius 2 is 1.69 bits per heavy atom. The molecule has 2 atom stereocenters. The highest BCUT2D eigenvalue weighted by Crippen LogP contribution is 2.27. The summed E-state index contributed by atoms with van der Waals surface area (Å²) in [7, 11) is 0. The number of aryl methyl sites for hydroxylation is 1. The van der Waals surface area contributed by atoms with Crippen molar-refractivity contribution in [2.24, 2.45) is 5.92 Å². The summed E-state index contributed by atoms with van der Waals surface area (Å²) in [6.45, 7) is 10.5. The zero-order chi connectivity index (χ0) is 30.1. The van der Waals surface area contributed by atoms with Crippen LogP contribution < -0.4 is 16.0 Å². The van der Waals surface area contributed by atoms with Crippen LogP contribution in [-0.2, 0) is 13.0 Å². The average molecular weight is 583 g/mol. The largest absolute Gasteiger partial charge is 0.460 e. The summed E-state index contributed by atoms with van der Waals surface area (Å²) in [4.78, 5) is 13.5. The number of nitrogens with one attached hydrogen (secondary N) is 3. The summed E-state index contributed by atoms with van der Waals surface area (Å²) in [5.74, 6) is 1.73. The minimum Gasteiger partial charge on any atom is -0.460 e. The van der Waals surface area contributed by atoms with E-state index in [0.29, 0.717) is 47.3 Å². The molecule has 6 nitrogen and oxygen atoms in total. The second kappa shape index (κ2) is 14.8. The van der Waals surface area contributed by atoms with Gasteiger partial charge in [0.25, 0.3) is 5.91 Å². The number of furan rings is 1. The molecule has 7 heteroatoms. The predicted octanol–water partition coefficient (Wildman–Crippen LogP) is 7.22. The highest BCUT2D eigenvalue weighted by atomic mass is 35.5. The molecule has 0 aliphatic heterocycles. The molecule has 0 unspecified atom stereocenters. The number of amides is 1. The van der Waals surface area contributed by atoms with Crippen LogP contribution in [0.25, 0.3) is 11.3 Å². The fourth-order valence-electron chi connectivity index (χ4n) is 4.69. The normalized spacial score (nSPS) is 12.6. The number of carbonyl (C=O) groups is 1. The van der Waals surface area contributed by atoms with Gasteiger partial charge in [0.15, 0.2) is 0 Å². The molecule has 0 radical (unpaired) electrons. The molecule has 1 aromatic heterocycles. The van der Waals surface area contributed by atoms with Crippen LogP contribution in [0.1, 0.15) is 65.2 Å². The fraction of sp³-hybridized carbons (Fsp3) is 0.314.